The molecule has 0 unspecified atom stereocenters. The maximum Gasteiger partial charge on any atom is 0.546 e. The lowest BCUT2D eigenvalue weighted by Gasteiger charge is -2.13. The highest BCUT2D eigenvalue weighted by Crippen LogP contribution is 2.49. The van der Waals surface area contributed by atoms with Crippen molar-refractivity contribution in [1.29, 1.82) is 0 Å². The molecule has 0 aliphatic rings. The van der Waals surface area contributed by atoms with Gasteiger partial charge in [0, 0.05) is 7.11 Å². The summed E-state index contributed by atoms with van der Waals surface area (Å²) in [6.07, 6.45) is 0. The molecule has 2 aromatic rings. The third-order valence-electron chi connectivity index (χ3n) is 2.16. The third kappa shape index (κ3) is 4.36. The summed E-state index contributed by atoms with van der Waals surface area (Å²) in [7, 11) is -2.82. The molecule has 6 nitrogen and oxygen atoms in total. The average molecular weight is 296 g/mol. The van der Waals surface area contributed by atoms with Gasteiger partial charge in [-0.05, 0) is 24.3 Å². The van der Waals surface area contributed by atoms with Crippen LogP contribution in [0.3, 0.4) is 0 Å². The van der Waals surface area contributed by atoms with Gasteiger partial charge in [-0.3, -0.25) is 4.52 Å². The van der Waals surface area contributed by atoms with Gasteiger partial charge in [0.1, 0.15) is 0 Å². The second kappa shape index (κ2) is 7.07. The summed E-state index contributed by atoms with van der Waals surface area (Å²) < 4.78 is 26.0. The van der Waals surface area contributed by atoms with E-state index in [0.29, 0.717) is 11.5 Å². The van der Waals surface area contributed by atoms with Gasteiger partial charge in [0.05, 0.1) is 0 Å². The monoisotopic (exact) mass is 296 g/mol. The van der Waals surface area contributed by atoms with Crippen molar-refractivity contribution < 1.29 is 28.2 Å². The van der Waals surface area contributed by atoms with Gasteiger partial charge in [-0.25, -0.2) is 4.57 Å². The molecule has 0 aliphatic carbocycles. The van der Waals surface area contributed by atoms with E-state index in [2.05, 4.69) is 13.9 Å². The van der Waals surface area contributed by atoms with Gasteiger partial charge in [0.15, 0.2) is 11.5 Å². The van der Waals surface area contributed by atoms with Crippen molar-refractivity contribution in [3.8, 4) is 11.5 Å². The lowest BCUT2D eigenvalue weighted by atomic mass is 10.3. The molecule has 7 heteroatoms. The Morgan fingerprint density at radius 3 is 1.50 bits per heavy atom. The summed E-state index contributed by atoms with van der Waals surface area (Å²) in [6, 6.07) is 17.0. The molecule has 0 saturated heterocycles. The van der Waals surface area contributed by atoms with Crippen LogP contribution in [0.25, 0.3) is 0 Å². The molecule has 0 aromatic heterocycles. The molecule has 20 heavy (non-hydrogen) atoms. The van der Waals surface area contributed by atoms with E-state index >= 15 is 0 Å². The van der Waals surface area contributed by atoms with Gasteiger partial charge in [-0.1, -0.05) is 45.7 Å². The van der Waals surface area contributed by atoms with E-state index in [1.54, 1.807) is 60.7 Å². The van der Waals surface area contributed by atoms with Gasteiger partial charge < -0.3 is 9.78 Å². The molecular weight excluding hydrogens is 283 g/mol. The minimum Gasteiger partial charge on any atom is -0.327 e. The minimum atomic E-state index is -3.98. The Balaban J connectivity index is 1.90. The zero-order chi connectivity index (χ0) is 14.3. The zero-order valence-corrected chi connectivity index (χ0v) is 11.6. The first kappa shape index (κ1) is 14.6. The Morgan fingerprint density at radius 2 is 1.15 bits per heavy atom. The van der Waals surface area contributed by atoms with Gasteiger partial charge in [-0.15, -0.1) is 0 Å². The van der Waals surface area contributed by atoms with Crippen LogP contribution in [-0.4, -0.2) is 7.11 Å². The van der Waals surface area contributed by atoms with Crippen LogP contribution < -0.4 is 9.78 Å². The molecule has 0 radical (unpaired) electrons. The van der Waals surface area contributed by atoms with E-state index in [0.717, 1.165) is 7.11 Å². The highest BCUT2D eigenvalue weighted by Gasteiger charge is 2.30. The first-order chi connectivity index (χ1) is 9.72. The van der Waals surface area contributed by atoms with Crippen molar-refractivity contribution in [2.24, 2.45) is 0 Å². The van der Waals surface area contributed by atoms with Crippen molar-refractivity contribution in [2.45, 2.75) is 0 Å². The van der Waals surface area contributed by atoms with Gasteiger partial charge in [-0.2, -0.15) is 0 Å². The average Bonchev–Trinajstić information content (AvgIpc) is 2.53. The molecule has 0 bridgehead atoms. The second-order valence-electron chi connectivity index (χ2n) is 3.57. The fourth-order valence-electron chi connectivity index (χ4n) is 1.20. The van der Waals surface area contributed by atoms with Crippen LogP contribution in [0.5, 0.6) is 11.5 Å². The maximum atomic E-state index is 12.0. The van der Waals surface area contributed by atoms with Crippen molar-refractivity contribution in [1.82, 2.24) is 0 Å². The van der Waals surface area contributed by atoms with Crippen LogP contribution in [0.2, 0.25) is 0 Å². The van der Waals surface area contributed by atoms with Gasteiger partial charge in [0.2, 0.25) is 0 Å². The smallest absolute Gasteiger partial charge is 0.327 e. The van der Waals surface area contributed by atoms with Crippen LogP contribution >= 0.6 is 7.82 Å². The van der Waals surface area contributed by atoms with Crippen molar-refractivity contribution in [3.05, 3.63) is 60.7 Å². The molecule has 2 aromatic carbocycles. The fraction of sp³-hybridized carbons (Fsp3) is 0.0769. The topological polar surface area (TPSA) is 63.2 Å². The fourth-order valence-corrected chi connectivity index (χ4v) is 1.70. The number of rotatable bonds is 7. The van der Waals surface area contributed by atoms with Crippen LogP contribution in [0.15, 0.2) is 60.7 Å². The number of para-hydroxylation sites is 2. The Bertz CT molecular complexity index is 512. The Hall–Kier alpha value is -1.85. The quantitative estimate of drug-likeness (QED) is 0.440. The largest absolute Gasteiger partial charge is 0.546 e. The normalized spacial score (nSPS) is 11.1. The van der Waals surface area contributed by atoms with Crippen LogP contribution in [0, 0.1) is 0 Å². The van der Waals surface area contributed by atoms with E-state index in [1.807, 2.05) is 0 Å². The third-order valence-corrected chi connectivity index (χ3v) is 3.12. The summed E-state index contributed by atoms with van der Waals surface area (Å²) in [5.74, 6) is 0.709. The first-order valence-corrected chi connectivity index (χ1v) is 7.16. The molecule has 106 valence electrons. The predicted octanol–water partition coefficient (Wildman–Crippen LogP) is 3.76. The van der Waals surface area contributed by atoms with Gasteiger partial charge in [0.25, 0.3) is 0 Å². The molecule has 0 N–H and O–H groups in total. The SMILES string of the molecule is COP(=O)(OOc1ccccc1)OOc1ccccc1. The molecule has 0 spiro atoms. The summed E-state index contributed by atoms with van der Waals surface area (Å²) in [4.78, 5) is 9.71. The van der Waals surface area contributed by atoms with E-state index in [9.17, 15) is 4.57 Å². The summed E-state index contributed by atoms with van der Waals surface area (Å²) in [5.41, 5.74) is 0. The predicted molar refractivity (Wildman–Crippen MR) is 70.9 cm³/mol. The summed E-state index contributed by atoms with van der Waals surface area (Å²) in [5, 5.41) is 0. The Morgan fingerprint density at radius 1 is 0.750 bits per heavy atom. The zero-order valence-electron chi connectivity index (χ0n) is 10.7. The van der Waals surface area contributed by atoms with Crippen molar-refractivity contribution in [3.63, 3.8) is 0 Å². The molecule has 0 amide bonds. The summed E-state index contributed by atoms with van der Waals surface area (Å²) in [6.45, 7) is 0. The molecule has 0 aliphatic heterocycles. The van der Waals surface area contributed by atoms with E-state index in [-0.39, 0.29) is 0 Å². The van der Waals surface area contributed by atoms with E-state index in [4.69, 9.17) is 9.78 Å². The first-order valence-electron chi connectivity index (χ1n) is 5.70. The van der Waals surface area contributed by atoms with Crippen molar-refractivity contribution >= 4 is 7.82 Å². The second-order valence-corrected chi connectivity index (χ2v) is 5.13. The standard InChI is InChI=1S/C13H13O6P/c1-15-20(14,18-16-12-8-4-2-5-9-12)19-17-13-10-6-3-7-11-13/h2-11H,1H3. The Kier molecular flexibility index (Phi) is 5.15. The minimum absolute atomic E-state index is 0.355. The lowest BCUT2D eigenvalue weighted by molar-refractivity contribution is -0.190. The van der Waals surface area contributed by atoms with E-state index in [1.165, 1.54) is 0 Å². The van der Waals surface area contributed by atoms with Crippen molar-refractivity contribution in [2.75, 3.05) is 7.11 Å². The van der Waals surface area contributed by atoms with E-state index < -0.39 is 7.82 Å². The van der Waals surface area contributed by atoms with Crippen LogP contribution in [0.1, 0.15) is 0 Å². The van der Waals surface area contributed by atoms with Crippen LogP contribution in [0.4, 0.5) is 0 Å². The molecule has 0 atom stereocenters. The number of hydrogen-bond donors (Lipinski definition) is 0. The highest BCUT2D eigenvalue weighted by atomic mass is 31.2. The number of hydrogen-bond acceptors (Lipinski definition) is 6. The highest BCUT2D eigenvalue weighted by molar-refractivity contribution is 7.48. The Labute approximate surface area is 116 Å². The lowest BCUT2D eigenvalue weighted by Crippen LogP contribution is -2.04. The molecule has 0 fully saturated rings. The molecule has 0 saturated carbocycles. The molecule has 0 heterocycles. The number of benzene rings is 2. The molecular formula is C13H13O6P. The maximum absolute atomic E-state index is 12.0. The summed E-state index contributed by atoms with van der Waals surface area (Å²) >= 11 is 0. The van der Waals surface area contributed by atoms with Gasteiger partial charge >= 0.3 is 7.82 Å². The number of phosphoric acid groups is 1. The van der Waals surface area contributed by atoms with Crippen LogP contribution in [-0.2, 0) is 18.4 Å². The molecule has 2 rings (SSSR count).